The van der Waals surface area contributed by atoms with Crippen LogP contribution in [0.25, 0.3) is 0 Å². The second-order valence-electron chi connectivity index (χ2n) is 5.76. The van der Waals surface area contributed by atoms with Gasteiger partial charge in [0.05, 0.1) is 19.9 Å². The number of amides is 1. The Morgan fingerprint density at radius 1 is 1.30 bits per heavy atom. The van der Waals surface area contributed by atoms with Crippen molar-refractivity contribution in [1.29, 1.82) is 0 Å². The van der Waals surface area contributed by atoms with Crippen LogP contribution in [-0.2, 0) is 14.8 Å². The maximum absolute atomic E-state index is 12.7. The number of rotatable bonds is 7. The van der Waals surface area contributed by atoms with Crippen molar-refractivity contribution in [2.75, 3.05) is 20.7 Å². The number of sulfonamides is 1. The van der Waals surface area contributed by atoms with E-state index < -0.39 is 22.5 Å². The normalized spacial score (nSPS) is 11.7. The van der Waals surface area contributed by atoms with Gasteiger partial charge in [0, 0.05) is 12.1 Å². The molecule has 0 spiro atoms. The molecule has 0 aliphatic heterocycles. The van der Waals surface area contributed by atoms with E-state index in [1.807, 2.05) is 0 Å². The van der Waals surface area contributed by atoms with E-state index in [1.54, 1.807) is 43.3 Å². The SMILES string of the molecule is COc1ccc(C)cc1S(=O)(=O)N(C)CC(=O)N/N=C/c1cccc(Cl)c1. The maximum Gasteiger partial charge on any atom is 0.255 e. The summed E-state index contributed by atoms with van der Waals surface area (Å²) in [5, 5.41) is 4.35. The van der Waals surface area contributed by atoms with Gasteiger partial charge in [-0.25, -0.2) is 13.8 Å². The quantitative estimate of drug-likeness (QED) is 0.562. The lowest BCUT2D eigenvalue weighted by atomic mass is 10.2. The maximum atomic E-state index is 12.7. The Hall–Kier alpha value is -2.42. The number of nitrogens with one attached hydrogen (secondary N) is 1. The highest BCUT2D eigenvalue weighted by Gasteiger charge is 2.26. The summed E-state index contributed by atoms with van der Waals surface area (Å²) in [6, 6.07) is 11.7. The van der Waals surface area contributed by atoms with Crippen LogP contribution in [0, 0.1) is 6.92 Å². The summed E-state index contributed by atoms with van der Waals surface area (Å²) >= 11 is 5.87. The Morgan fingerprint density at radius 3 is 2.70 bits per heavy atom. The van der Waals surface area contributed by atoms with Gasteiger partial charge in [0.25, 0.3) is 5.91 Å². The third-order valence-corrected chi connectivity index (χ3v) is 5.68. The Kier molecular flexibility index (Phi) is 6.95. The van der Waals surface area contributed by atoms with Gasteiger partial charge in [0.2, 0.25) is 10.0 Å². The zero-order valence-electron chi connectivity index (χ0n) is 15.1. The van der Waals surface area contributed by atoms with Crippen molar-refractivity contribution in [3.8, 4) is 5.75 Å². The summed E-state index contributed by atoms with van der Waals surface area (Å²) < 4.78 is 31.6. The number of likely N-dealkylation sites (N-methyl/N-ethyl adjacent to an activating group) is 1. The minimum absolute atomic E-state index is 0.00253. The number of benzene rings is 2. The second-order valence-corrected chi connectivity index (χ2v) is 8.21. The van der Waals surface area contributed by atoms with Crippen LogP contribution in [0.3, 0.4) is 0 Å². The number of carbonyl (C=O) groups is 1. The average molecular weight is 410 g/mol. The second kappa shape index (κ2) is 8.98. The van der Waals surface area contributed by atoms with Crippen molar-refractivity contribution in [3.05, 3.63) is 58.6 Å². The van der Waals surface area contributed by atoms with E-state index in [9.17, 15) is 13.2 Å². The first-order valence-electron chi connectivity index (χ1n) is 7.92. The van der Waals surface area contributed by atoms with Gasteiger partial charge in [-0.2, -0.15) is 9.41 Å². The van der Waals surface area contributed by atoms with Gasteiger partial charge in [-0.1, -0.05) is 29.8 Å². The Balaban J connectivity index is 2.06. The molecule has 0 fully saturated rings. The first-order chi connectivity index (χ1) is 12.7. The third-order valence-electron chi connectivity index (χ3n) is 3.63. The van der Waals surface area contributed by atoms with Crippen LogP contribution < -0.4 is 10.2 Å². The summed E-state index contributed by atoms with van der Waals surface area (Å²) in [7, 11) is -1.20. The lowest BCUT2D eigenvalue weighted by Gasteiger charge is -2.18. The average Bonchev–Trinajstić information content (AvgIpc) is 2.61. The van der Waals surface area contributed by atoms with Gasteiger partial charge in [0.1, 0.15) is 10.6 Å². The third kappa shape index (κ3) is 5.53. The molecule has 9 heteroatoms. The molecule has 27 heavy (non-hydrogen) atoms. The minimum Gasteiger partial charge on any atom is -0.495 e. The summed E-state index contributed by atoms with van der Waals surface area (Å²) in [5.41, 5.74) is 3.76. The number of aryl methyl sites for hydroxylation is 1. The van der Waals surface area contributed by atoms with Gasteiger partial charge >= 0.3 is 0 Å². The van der Waals surface area contributed by atoms with Crippen LogP contribution in [0.15, 0.2) is 52.5 Å². The Labute approximate surface area is 163 Å². The topological polar surface area (TPSA) is 88.1 Å². The number of halogens is 1. The number of hydrazone groups is 1. The van der Waals surface area contributed by atoms with Gasteiger partial charge in [-0.3, -0.25) is 4.79 Å². The molecule has 0 atom stereocenters. The molecule has 144 valence electrons. The van der Waals surface area contributed by atoms with Crippen LogP contribution in [0.5, 0.6) is 5.75 Å². The molecule has 0 unspecified atom stereocenters. The van der Waals surface area contributed by atoms with E-state index >= 15 is 0 Å². The fourth-order valence-corrected chi connectivity index (χ4v) is 3.80. The van der Waals surface area contributed by atoms with Crippen molar-refractivity contribution in [1.82, 2.24) is 9.73 Å². The monoisotopic (exact) mass is 409 g/mol. The largest absolute Gasteiger partial charge is 0.495 e. The Morgan fingerprint density at radius 2 is 2.04 bits per heavy atom. The van der Waals surface area contributed by atoms with Crippen molar-refractivity contribution in [2.24, 2.45) is 5.10 Å². The fourth-order valence-electron chi connectivity index (χ4n) is 2.24. The van der Waals surface area contributed by atoms with Gasteiger partial charge in [-0.05, 0) is 42.3 Å². The van der Waals surface area contributed by atoms with Gasteiger partial charge in [-0.15, -0.1) is 0 Å². The predicted molar refractivity (Wildman–Crippen MR) is 105 cm³/mol. The lowest BCUT2D eigenvalue weighted by Crippen LogP contribution is -2.36. The number of methoxy groups -OCH3 is 1. The van der Waals surface area contributed by atoms with Crippen molar-refractivity contribution >= 4 is 33.7 Å². The van der Waals surface area contributed by atoms with Crippen LogP contribution in [0.2, 0.25) is 5.02 Å². The number of carbonyl (C=O) groups excluding carboxylic acids is 1. The molecule has 7 nitrogen and oxygen atoms in total. The van der Waals surface area contributed by atoms with E-state index in [-0.39, 0.29) is 10.6 Å². The van der Waals surface area contributed by atoms with Crippen LogP contribution in [0.1, 0.15) is 11.1 Å². The van der Waals surface area contributed by atoms with Crippen LogP contribution in [0.4, 0.5) is 0 Å². The van der Waals surface area contributed by atoms with Gasteiger partial charge < -0.3 is 4.74 Å². The predicted octanol–water partition coefficient (Wildman–Crippen LogP) is 2.43. The fraction of sp³-hybridized carbons (Fsp3) is 0.222. The van der Waals surface area contributed by atoms with E-state index in [4.69, 9.17) is 16.3 Å². The van der Waals surface area contributed by atoms with Crippen LogP contribution >= 0.6 is 11.6 Å². The number of nitrogens with zero attached hydrogens (tertiary/aromatic N) is 2. The molecule has 2 rings (SSSR count). The molecule has 0 bridgehead atoms. The summed E-state index contributed by atoms with van der Waals surface area (Å²) in [5.74, 6) is -0.363. The zero-order valence-corrected chi connectivity index (χ0v) is 16.7. The van der Waals surface area contributed by atoms with Crippen molar-refractivity contribution in [2.45, 2.75) is 11.8 Å². The van der Waals surface area contributed by atoms with E-state index in [2.05, 4.69) is 10.5 Å². The number of ether oxygens (including phenoxy) is 1. The molecule has 0 saturated carbocycles. The molecule has 1 N–H and O–H groups in total. The number of hydrogen-bond donors (Lipinski definition) is 1. The molecule has 0 aliphatic rings. The molecule has 0 heterocycles. The lowest BCUT2D eigenvalue weighted by molar-refractivity contribution is -0.121. The summed E-state index contributed by atoms with van der Waals surface area (Å²) in [6.45, 7) is 1.38. The van der Waals surface area contributed by atoms with E-state index in [0.29, 0.717) is 10.6 Å². The minimum atomic E-state index is -3.90. The first-order valence-corrected chi connectivity index (χ1v) is 9.74. The van der Waals surface area contributed by atoms with Crippen molar-refractivity contribution in [3.63, 3.8) is 0 Å². The first kappa shape index (κ1) is 20.9. The number of hydrogen-bond acceptors (Lipinski definition) is 5. The highest BCUT2D eigenvalue weighted by molar-refractivity contribution is 7.89. The molecular formula is C18H20ClN3O4S. The Bertz CT molecular complexity index is 961. The van der Waals surface area contributed by atoms with E-state index in [0.717, 1.165) is 9.87 Å². The highest BCUT2D eigenvalue weighted by atomic mass is 35.5. The molecule has 0 saturated heterocycles. The highest BCUT2D eigenvalue weighted by Crippen LogP contribution is 2.27. The van der Waals surface area contributed by atoms with Gasteiger partial charge in [0.15, 0.2) is 0 Å². The summed E-state index contributed by atoms with van der Waals surface area (Å²) in [6.07, 6.45) is 1.42. The molecule has 0 aromatic heterocycles. The van der Waals surface area contributed by atoms with E-state index in [1.165, 1.54) is 26.4 Å². The molecule has 0 aliphatic carbocycles. The molecular weight excluding hydrogens is 390 g/mol. The molecule has 0 radical (unpaired) electrons. The summed E-state index contributed by atoms with van der Waals surface area (Å²) in [4.78, 5) is 12.0. The molecule has 1 amide bonds. The van der Waals surface area contributed by atoms with Crippen LogP contribution in [-0.4, -0.2) is 45.5 Å². The smallest absolute Gasteiger partial charge is 0.255 e. The van der Waals surface area contributed by atoms with Crippen molar-refractivity contribution < 1.29 is 17.9 Å². The molecule has 2 aromatic rings. The zero-order chi connectivity index (χ0) is 20.0. The standard InChI is InChI=1S/C18H20ClN3O4S/c1-13-7-8-16(26-3)17(9-13)27(24,25)22(2)12-18(23)21-20-11-14-5-4-6-15(19)10-14/h4-11H,12H2,1-3H3,(H,21,23)/b20-11+. The molecule has 2 aromatic carbocycles.